The molecular weight excluding hydrogens is 730 g/mol. The van der Waals surface area contributed by atoms with Crippen LogP contribution in [0.3, 0.4) is 0 Å². The Balaban J connectivity index is 0.856. The van der Waals surface area contributed by atoms with Crippen molar-refractivity contribution in [1.82, 2.24) is 0 Å². The Hall–Kier alpha value is -4.94. The first-order valence-corrected chi connectivity index (χ1v) is 22.3. The summed E-state index contributed by atoms with van der Waals surface area (Å²) in [7, 11) is -6.89. The van der Waals surface area contributed by atoms with E-state index >= 15 is 0 Å². The zero-order valence-corrected chi connectivity index (χ0v) is 32.6. The normalized spacial score (nSPS) is 18.1. The van der Waals surface area contributed by atoms with Crippen LogP contribution in [0, 0.1) is 0 Å². The predicted octanol–water partition coefficient (Wildman–Crippen LogP) is 8.11. The Kier molecular flexibility index (Phi) is 10.1. The van der Waals surface area contributed by atoms with Crippen LogP contribution in [0.25, 0.3) is 22.3 Å². The molecular formula is C45H44O8P2. The van der Waals surface area contributed by atoms with Crippen LogP contribution in [-0.4, -0.2) is 52.9 Å². The second-order valence-corrected chi connectivity index (χ2v) is 19.8. The van der Waals surface area contributed by atoms with Gasteiger partial charge in [0.05, 0.1) is 17.6 Å². The first-order chi connectivity index (χ1) is 26.5. The third-order valence-corrected chi connectivity index (χ3v) is 15.9. The molecule has 2 aliphatic heterocycles. The van der Waals surface area contributed by atoms with Crippen molar-refractivity contribution in [2.24, 2.45) is 0 Å². The molecule has 55 heavy (non-hydrogen) atoms. The van der Waals surface area contributed by atoms with E-state index in [4.69, 9.17) is 18.5 Å². The topological polar surface area (TPSA) is 115 Å². The minimum atomic E-state index is -3.50. The Labute approximate surface area is 321 Å². The number of aliphatic hydroxyl groups is 2. The molecule has 6 aromatic rings. The molecule has 8 rings (SSSR count). The van der Waals surface area contributed by atoms with Crippen LogP contribution >= 0.6 is 15.1 Å². The van der Waals surface area contributed by atoms with Crippen molar-refractivity contribution < 1.29 is 38.2 Å². The van der Waals surface area contributed by atoms with Gasteiger partial charge in [0.1, 0.15) is 18.1 Å². The van der Waals surface area contributed by atoms with Crippen molar-refractivity contribution in [1.29, 1.82) is 0 Å². The summed E-state index contributed by atoms with van der Waals surface area (Å²) in [5.41, 5.74) is 5.40. The van der Waals surface area contributed by atoms with Crippen molar-refractivity contribution >= 4 is 25.7 Å². The first-order valence-electron chi connectivity index (χ1n) is 18.4. The molecule has 3 atom stereocenters. The van der Waals surface area contributed by atoms with Gasteiger partial charge in [-0.25, -0.2) is 0 Å². The number of fused-ring (bicyclic) bond motifs is 6. The fourth-order valence-electron chi connectivity index (χ4n) is 7.53. The second-order valence-electron chi connectivity index (χ2n) is 14.7. The molecule has 0 spiro atoms. The fourth-order valence-corrected chi connectivity index (χ4v) is 12.6. The van der Waals surface area contributed by atoms with Gasteiger partial charge in [-0.3, -0.25) is 4.57 Å². The van der Waals surface area contributed by atoms with Gasteiger partial charge in [0.25, 0.3) is 7.37 Å². The number of benzene rings is 6. The summed E-state index contributed by atoms with van der Waals surface area (Å²) in [6.45, 7) is 4.24. The van der Waals surface area contributed by atoms with Gasteiger partial charge < -0.3 is 14.4 Å². The van der Waals surface area contributed by atoms with Crippen LogP contribution in [-0.2, 0) is 9.98 Å². The summed E-state index contributed by atoms with van der Waals surface area (Å²) in [5.74, 6) is 2.38. The van der Waals surface area contributed by atoms with Crippen molar-refractivity contribution in [2.45, 2.75) is 31.5 Å². The zero-order chi connectivity index (χ0) is 38.2. The molecule has 2 aliphatic rings. The quantitative estimate of drug-likeness (QED) is 0.107. The fraction of sp³-hybridized carbons (Fsp3) is 0.200. The van der Waals surface area contributed by atoms with E-state index in [-0.39, 0.29) is 31.0 Å². The summed E-state index contributed by atoms with van der Waals surface area (Å²) in [5, 5.41) is 23.3. The monoisotopic (exact) mass is 774 g/mol. The molecule has 0 saturated heterocycles. The van der Waals surface area contributed by atoms with Gasteiger partial charge in [-0.2, -0.15) is 0 Å². The molecule has 0 amide bonds. The molecule has 0 saturated carbocycles. The molecule has 3 unspecified atom stereocenters. The summed E-state index contributed by atoms with van der Waals surface area (Å²) < 4.78 is 38.3. The second kappa shape index (κ2) is 15.0. The maximum absolute atomic E-state index is 14.1. The van der Waals surface area contributed by atoms with Crippen LogP contribution in [0.4, 0.5) is 0 Å². The maximum atomic E-state index is 14.1. The SMILES string of the molecule is CC(C)(c1ccc(OCC(O)CP2(=O)Oc3ccccc3-c3ccccc32)cc1)c1ccc(OCC(O)C[PH]2(O)Oc3ccccc3-c3ccccc32)cc1. The zero-order valence-electron chi connectivity index (χ0n) is 30.7. The standard InChI is InChI=1S/C45H44O8P2/c1-45(2,31-19-23-35(24-20-31)50-27-33(46)29-54(48)43-17-9-5-13-39(43)37-11-3-7-15-41(37)52-54)32-21-25-36(26-22-32)51-28-34(47)30-55(49)44-18-10-6-14-40(44)38-12-4-8-16-42(38)53-55/h3-26,33-34,46-48,54H,27-30H2,1-2H3. The van der Waals surface area contributed by atoms with Crippen LogP contribution < -0.4 is 29.1 Å². The molecule has 0 bridgehead atoms. The van der Waals surface area contributed by atoms with E-state index in [0.717, 1.165) is 38.7 Å². The van der Waals surface area contributed by atoms with Crippen molar-refractivity contribution in [3.8, 4) is 45.3 Å². The van der Waals surface area contributed by atoms with Gasteiger partial charge in [0, 0.05) is 5.56 Å². The van der Waals surface area contributed by atoms with Crippen LogP contribution in [0.5, 0.6) is 23.0 Å². The van der Waals surface area contributed by atoms with E-state index in [2.05, 4.69) is 13.8 Å². The Morgan fingerprint density at radius 2 is 1.11 bits per heavy atom. The number of ether oxygens (including phenoxy) is 2. The number of aliphatic hydroxyl groups excluding tert-OH is 2. The molecule has 10 heteroatoms. The van der Waals surface area contributed by atoms with Crippen LogP contribution in [0.1, 0.15) is 25.0 Å². The molecule has 8 nitrogen and oxygen atoms in total. The van der Waals surface area contributed by atoms with Gasteiger partial charge in [0.15, 0.2) is 0 Å². The summed E-state index contributed by atoms with van der Waals surface area (Å²) in [4.78, 5) is 11.7. The van der Waals surface area contributed by atoms with Gasteiger partial charge in [-0.05, 0) is 17.7 Å². The Morgan fingerprint density at radius 3 is 1.75 bits per heavy atom. The van der Waals surface area contributed by atoms with E-state index in [1.165, 1.54) is 0 Å². The number of rotatable bonds is 12. The Bertz CT molecular complexity index is 2360. The van der Waals surface area contributed by atoms with Gasteiger partial charge >= 0.3 is 201 Å². The average Bonchev–Trinajstić information content (AvgIpc) is 3.20. The molecule has 2 heterocycles. The summed E-state index contributed by atoms with van der Waals surface area (Å²) >= 11 is 0. The molecule has 3 N–H and O–H groups in total. The third-order valence-electron chi connectivity index (χ3n) is 10.5. The van der Waals surface area contributed by atoms with E-state index < -0.39 is 27.3 Å². The molecule has 282 valence electrons. The number of hydrogen-bond donors (Lipinski definition) is 3. The Morgan fingerprint density at radius 1 is 0.618 bits per heavy atom. The van der Waals surface area contributed by atoms with Crippen molar-refractivity contribution in [3.05, 3.63) is 157 Å². The molecule has 0 aromatic heterocycles. The van der Waals surface area contributed by atoms with Crippen LogP contribution in [0.2, 0.25) is 0 Å². The van der Waals surface area contributed by atoms with Gasteiger partial charge in [-0.1, -0.05) is 36.4 Å². The van der Waals surface area contributed by atoms with Crippen molar-refractivity contribution in [2.75, 3.05) is 25.5 Å². The molecule has 0 aliphatic carbocycles. The molecule has 0 fully saturated rings. The number of hydrogen-bond acceptors (Lipinski definition) is 8. The minimum absolute atomic E-state index is 0.00715. The first kappa shape index (κ1) is 37.0. The third kappa shape index (κ3) is 7.41. The predicted molar refractivity (Wildman–Crippen MR) is 220 cm³/mol. The molecule has 6 aromatic carbocycles. The molecule has 0 radical (unpaired) electrons. The average molecular weight is 775 g/mol. The van der Waals surface area contributed by atoms with Crippen LogP contribution in [0.15, 0.2) is 146 Å². The summed E-state index contributed by atoms with van der Waals surface area (Å²) in [6, 6.07) is 45.9. The van der Waals surface area contributed by atoms with E-state index in [0.29, 0.717) is 28.3 Å². The summed E-state index contributed by atoms with van der Waals surface area (Å²) in [6.07, 6.45) is -1.94. The van der Waals surface area contributed by atoms with Gasteiger partial charge in [-0.15, -0.1) is 0 Å². The van der Waals surface area contributed by atoms with E-state index in [9.17, 15) is 19.7 Å². The van der Waals surface area contributed by atoms with E-state index in [1.54, 1.807) is 6.07 Å². The van der Waals surface area contributed by atoms with E-state index in [1.807, 2.05) is 140 Å². The van der Waals surface area contributed by atoms with Crippen molar-refractivity contribution in [3.63, 3.8) is 0 Å². The van der Waals surface area contributed by atoms with Gasteiger partial charge in [0.2, 0.25) is 0 Å². The number of para-hydroxylation sites is 2.